The molecule has 0 aliphatic carbocycles. The van der Waals surface area contributed by atoms with E-state index < -0.39 is 11.5 Å². The molecule has 1 aromatic rings. The number of rotatable bonds is 2. The number of carbonyl (C=O) groups is 2. The molecule has 1 atom stereocenters. The highest BCUT2D eigenvalue weighted by Crippen LogP contribution is 2.27. The summed E-state index contributed by atoms with van der Waals surface area (Å²) >= 11 is 0.640. The average molecular weight is 223 g/mol. The molecule has 0 saturated carbocycles. The fourth-order valence-electron chi connectivity index (χ4n) is 1.38. The molecule has 1 amide bonds. The second-order valence-electron chi connectivity index (χ2n) is 3.15. The highest BCUT2D eigenvalue weighted by atomic mass is 32.2. The Hall–Kier alpha value is -1.33. The fourth-order valence-corrected chi connectivity index (χ4v) is 2.06. The van der Waals surface area contributed by atoms with Gasteiger partial charge in [0.1, 0.15) is 0 Å². The minimum atomic E-state index is -1.03. The molecule has 1 saturated heterocycles. The summed E-state index contributed by atoms with van der Waals surface area (Å²) in [5.74, 6) is 0. The van der Waals surface area contributed by atoms with Gasteiger partial charge in [-0.05, 0) is 0 Å². The van der Waals surface area contributed by atoms with E-state index in [1.807, 2.05) is 6.07 Å². The number of carbonyl (C=O) groups excluding carboxylic acids is 2. The molecular weight excluding hydrogens is 214 g/mol. The molecule has 5 heteroatoms. The lowest BCUT2D eigenvalue weighted by Gasteiger charge is -2.21. The summed E-state index contributed by atoms with van der Waals surface area (Å²) in [6.45, 7) is -0.0282. The van der Waals surface area contributed by atoms with Gasteiger partial charge >= 0.3 is 0 Å². The SMILES string of the molecule is O=C1CN(C(O)c2ccccc2)C(=O)S1. The normalized spacial score (nSPS) is 18.3. The number of thioether (sulfide) groups is 1. The van der Waals surface area contributed by atoms with Crippen LogP contribution >= 0.6 is 11.8 Å². The Kier molecular flexibility index (Phi) is 2.75. The zero-order chi connectivity index (χ0) is 10.8. The predicted octanol–water partition coefficient (Wildman–Crippen LogP) is 1.37. The van der Waals surface area contributed by atoms with Crippen LogP contribution in [0.4, 0.5) is 4.79 Å². The highest BCUT2D eigenvalue weighted by molar-refractivity contribution is 8.26. The number of benzene rings is 1. The van der Waals surface area contributed by atoms with Crippen molar-refractivity contribution in [1.82, 2.24) is 4.90 Å². The molecule has 1 aliphatic rings. The Morgan fingerprint density at radius 1 is 1.27 bits per heavy atom. The van der Waals surface area contributed by atoms with Crippen molar-refractivity contribution in [1.29, 1.82) is 0 Å². The van der Waals surface area contributed by atoms with Gasteiger partial charge in [0.25, 0.3) is 5.24 Å². The number of hydrogen-bond donors (Lipinski definition) is 1. The van der Waals surface area contributed by atoms with Gasteiger partial charge in [-0.3, -0.25) is 14.5 Å². The van der Waals surface area contributed by atoms with E-state index in [4.69, 9.17) is 0 Å². The zero-order valence-corrected chi connectivity index (χ0v) is 8.61. The minimum absolute atomic E-state index is 0.0282. The summed E-state index contributed by atoms with van der Waals surface area (Å²) in [5, 5.41) is 9.23. The molecular formula is C10H9NO3S. The smallest absolute Gasteiger partial charge is 0.292 e. The molecule has 1 heterocycles. The van der Waals surface area contributed by atoms with Gasteiger partial charge < -0.3 is 5.11 Å². The molecule has 1 aliphatic heterocycles. The van der Waals surface area contributed by atoms with Gasteiger partial charge in [0.05, 0.1) is 6.54 Å². The van der Waals surface area contributed by atoms with Crippen LogP contribution in [0, 0.1) is 0 Å². The highest BCUT2D eigenvalue weighted by Gasteiger charge is 2.33. The first kappa shape index (κ1) is 10.2. The summed E-state index contributed by atoms with van der Waals surface area (Å²) in [5.41, 5.74) is 0.612. The first-order valence-electron chi connectivity index (χ1n) is 4.43. The number of nitrogens with zero attached hydrogens (tertiary/aromatic N) is 1. The van der Waals surface area contributed by atoms with Crippen LogP contribution in [-0.4, -0.2) is 26.9 Å². The van der Waals surface area contributed by atoms with E-state index in [1.165, 1.54) is 0 Å². The Balaban J connectivity index is 2.18. The van der Waals surface area contributed by atoms with Gasteiger partial charge in [0.15, 0.2) is 6.23 Å². The van der Waals surface area contributed by atoms with Crippen LogP contribution in [-0.2, 0) is 4.79 Å². The van der Waals surface area contributed by atoms with E-state index >= 15 is 0 Å². The molecule has 0 bridgehead atoms. The molecule has 1 unspecified atom stereocenters. The molecule has 1 N–H and O–H groups in total. The van der Waals surface area contributed by atoms with Gasteiger partial charge in [-0.15, -0.1) is 0 Å². The second-order valence-corrected chi connectivity index (χ2v) is 4.16. The maximum Gasteiger partial charge on any atom is 0.292 e. The lowest BCUT2D eigenvalue weighted by molar-refractivity contribution is -0.112. The van der Waals surface area contributed by atoms with Gasteiger partial charge in [-0.2, -0.15) is 0 Å². The van der Waals surface area contributed by atoms with Crippen molar-refractivity contribution in [3.63, 3.8) is 0 Å². The summed E-state index contributed by atoms with van der Waals surface area (Å²) in [4.78, 5) is 23.5. The summed E-state index contributed by atoms with van der Waals surface area (Å²) < 4.78 is 0. The quantitative estimate of drug-likeness (QED) is 0.822. The largest absolute Gasteiger partial charge is 0.369 e. The number of amides is 1. The first-order chi connectivity index (χ1) is 7.18. The lowest BCUT2D eigenvalue weighted by Crippen LogP contribution is -2.29. The third-order valence-corrected chi connectivity index (χ3v) is 2.89. The number of aliphatic hydroxyl groups is 1. The molecule has 1 aromatic carbocycles. The van der Waals surface area contributed by atoms with Crippen molar-refractivity contribution in [3.8, 4) is 0 Å². The van der Waals surface area contributed by atoms with Gasteiger partial charge in [-0.1, -0.05) is 30.3 Å². The second kappa shape index (κ2) is 4.04. The van der Waals surface area contributed by atoms with Crippen molar-refractivity contribution >= 4 is 22.1 Å². The monoisotopic (exact) mass is 223 g/mol. The molecule has 15 heavy (non-hydrogen) atoms. The van der Waals surface area contributed by atoms with Crippen LogP contribution in [0.15, 0.2) is 30.3 Å². The third kappa shape index (κ3) is 2.03. The van der Waals surface area contributed by atoms with Gasteiger partial charge in [0, 0.05) is 17.3 Å². The van der Waals surface area contributed by atoms with Crippen LogP contribution < -0.4 is 0 Å². The molecule has 0 aromatic heterocycles. The fraction of sp³-hybridized carbons (Fsp3) is 0.200. The average Bonchev–Trinajstić information content (AvgIpc) is 2.58. The van der Waals surface area contributed by atoms with Crippen molar-refractivity contribution < 1.29 is 14.7 Å². The van der Waals surface area contributed by atoms with Crippen molar-refractivity contribution in [3.05, 3.63) is 35.9 Å². The Morgan fingerprint density at radius 2 is 1.93 bits per heavy atom. The summed E-state index contributed by atoms with van der Waals surface area (Å²) in [6.07, 6.45) is -1.03. The minimum Gasteiger partial charge on any atom is -0.369 e. The van der Waals surface area contributed by atoms with Crippen LogP contribution in [0.2, 0.25) is 0 Å². The van der Waals surface area contributed by atoms with Crippen molar-refractivity contribution in [2.75, 3.05) is 6.54 Å². The van der Waals surface area contributed by atoms with E-state index in [1.54, 1.807) is 24.3 Å². The van der Waals surface area contributed by atoms with Crippen LogP contribution in [0.1, 0.15) is 11.8 Å². The van der Waals surface area contributed by atoms with Crippen molar-refractivity contribution in [2.24, 2.45) is 0 Å². The summed E-state index contributed by atoms with van der Waals surface area (Å²) in [7, 11) is 0. The molecule has 4 nitrogen and oxygen atoms in total. The van der Waals surface area contributed by atoms with Crippen LogP contribution in [0.25, 0.3) is 0 Å². The third-order valence-electron chi connectivity index (χ3n) is 2.13. The van der Waals surface area contributed by atoms with Crippen LogP contribution in [0.5, 0.6) is 0 Å². The van der Waals surface area contributed by atoms with E-state index in [9.17, 15) is 14.7 Å². The Labute approximate surface area is 90.9 Å². The van der Waals surface area contributed by atoms with E-state index in [0.29, 0.717) is 17.3 Å². The van der Waals surface area contributed by atoms with Crippen molar-refractivity contribution in [2.45, 2.75) is 6.23 Å². The predicted molar refractivity (Wildman–Crippen MR) is 56.1 cm³/mol. The van der Waals surface area contributed by atoms with E-state index in [-0.39, 0.29) is 11.7 Å². The molecule has 1 fully saturated rings. The van der Waals surface area contributed by atoms with Gasteiger partial charge in [-0.25, -0.2) is 0 Å². The summed E-state index contributed by atoms with van der Waals surface area (Å²) in [6, 6.07) is 8.79. The standard InChI is InChI=1S/C10H9NO3S/c12-8-6-11(10(14)15-8)9(13)7-4-2-1-3-5-7/h1-5,9,13H,6H2. The van der Waals surface area contributed by atoms with E-state index in [2.05, 4.69) is 0 Å². The molecule has 2 rings (SSSR count). The zero-order valence-electron chi connectivity index (χ0n) is 7.79. The first-order valence-corrected chi connectivity index (χ1v) is 5.24. The molecule has 0 spiro atoms. The van der Waals surface area contributed by atoms with Gasteiger partial charge in [0.2, 0.25) is 5.12 Å². The number of hydrogen-bond acceptors (Lipinski definition) is 4. The molecule has 0 radical (unpaired) electrons. The van der Waals surface area contributed by atoms with E-state index in [0.717, 1.165) is 4.90 Å². The topological polar surface area (TPSA) is 57.6 Å². The molecule has 78 valence electrons. The van der Waals surface area contributed by atoms with Crippen LogP contribution in [0.3, 0.4) is 0 Å². The Bertz CT molecular complexity index is 393. The maximum atomic E-state index is 11.3. The lowest BCUT2D eigenvalue weighted by atomic mass is 10.2. The Morgan fingerprint density at radius 3 is 2.47 bits per heavy atom. The number of aliphatic hydroxyl groups excluding tert-OH is 1. The maximum absolute atomic E-state index is 11.3.